The van der Waals surface area contributed by atoms with Crippen LogP contribution in [0.2, 0.25) is 5.02 Å². The van der Waals surface area contributed by atoms with Crippen LogP contribution in [-0.2, 0) is 0 Å². The lowest BCUT2D eigenvalue weighted by Gasteiger charge is -2.17. The van der Waals surface area contributed by atoms with E-state index < -0.39 is 0 Å². The van der Waals surface area contributed by atoms with Crippen molar-refractivity contribution in [3.05, 3.63) is 46.0 Å². The first-order valence-electron chi connectivity index (χ1n) is 7.00. The molecule has 0 spiro atoms. The van der Waals surface area contributed by atoms with Gasteiger partial charge in [-0.3, -0.25) is 14.5 Å². The smallest absolute Gasteiger partial charge is 0.261 e. The fourth-order valence-electron chi connectivity index (χ4n) is 2.85. The highest BCUT2D eigenvalue weighted by atomic mass is 35.5. The molecular weight excluding hydrogens is 274 g/mol. The van der Waals surface area contributed by atoms with Crippen molar-refractivity contribution in [1.29, 1.82) is 0 Å². The molecule has 1 heterocycles. The van der Waals surface area contributed by atoms with Crippen LogP contribution in [-0.4, -0.2) is 23.3 Å². The van der Waals surface area contributed by atoms with E-state index in [-0.39, 0.29) is 11.8 Å². The van der Waals surface area contributed by atoms with E-state index in [1.165, 1.54) is 23.3 Å². The van der Waals surface area contributed by atoms with Gasteiger partial charge in [-0.05, 0) is 50.3 Å². The van der Waals surface area contributed by atoms with Crippen LogP contribution in [0.1, 0.15) is 52.8 Å². The number of halogens is 1. The lowest BCUT2D eigenvalue weighted by Crippen LogP contribution is -2.31. The molecular formula is C16H16ClNO2. The van der Waals surface area contributed by atoms with E-state index in [0.29, 0.717) is 22.7 Å². The van der Waals surface area contributed by atoms with Gasteiger partial charge in [0.2, 0.25) is 0 Å². The minimum Gasteiger partial charge on any atom is -0.274 e. The quantitative estimate of drug-likeness (QED) is 0.626. The molecule has 1 aromatic carbocycles. The Morgan fingerprint density at radius 2 is 1.90 bits per heavy atom. The van der Waals surface area contributed by atoms with Gasteiger partial charge in [0.05, 0.1) is 11.1 Å². The molecule has 0 saturated heterocycles. The Hall–Kier alpha value is -1.61. The van der Waals surface area contributed by atoms with Gasteiger partial charge in [0.1, 0.15) is 0 Å². The Kier molecular flexibility index (Phi) is 3.62. The van der Waals surface area contributed by atoms with Crippen molar-refractivity contribution in [1.82, 2.24) is 4.90 Å². The summed E-state index contributed by atoms with van der Waals surface area (Å²) in [6, 6.07) is 4.87. The normalized spacial score (nSPS) is 18.2. The van der Waals surface area contributed by atoms with Gasteiger partial charge in [-0.2, -0.15) is 0 Å². The van der Waals surface area contributed by atoms with E-state index in [1.54, 1.807) is 18.2 Å². The van der Waals surface area contributed by atoms with Crippen LogP contribution >= 0.6 is 11.6 Å². The van der Waals surface area contributed by atoms with Gasteiger partial charge in [0.25, 0.3) is 11.8 Å². The summed E-state index contributed by atoms with van der Waals surface area (Å²) in [5, 5.41) is 0.488. The minimum atomic E-state index is -0.219. The van der Waals surface area contributed by atoms with E-state index in [1.807, 2.05) is 0 Å². The van der Waals surface area contributed by atoms with E-state index in [2.05, 4.69) is 6.08 Å². The predicted octanol–water partition coefficient (Wildman–Crippen LogP) is 3.83. The lowest BCUT2D eigenvalue weighted by molar-refractivity contribution is 0.0655. The second-order valence-electron chi connectivity index (χ2n) is 5.31. The molecule has 104 valence electrons. The lowest BCUT2D eigenvalue weighted by atomic mass is 9.97. The second-order valence-corrected chi connectivity index (χ2v) is 5.75. The minimum absolute atomic E-state index is 0.196. The molecule has 20 heavy (non-hydrogen) atoms. The summed E-state index contributed by atoms with van der Waals surface area (Å²) in [6.07, 6.45) is 7.71. The van der Waals surface area contributed by atoms with Crippen molar-refractivity contribution in [2.24, 2.45) is 0 Å². The van der Waals surface area contributed by atoms with Gasteiger partial charge >= 0.3 is 0 Å². The first-order valence-corrected chi connectivity index (χ1v) is 7.38. The van der Waals surface area contributed by atoms with Crippen LogP contribution in [0.15, 0.2) is 29.8 Å². The highest BCUT2D eigenvalue weighted by molar-refractivity contribution is 6.32. The molecule has 1 aliphatic carbocycles. The highest BCUT2D eigenvalue weighted by Gasteiger charge is 2.35. The molecule has 0 atom stereocenters. The molecule has 2 amide bonds. The first kappa shape index (κ1) is 13.4. The number of carbonyl (C=O) groups is 2. The molecule has 0 aromatic heterocycles. The van der Waals surface area contributed by atoms with Crippen LogP contribution in [0, 0.1) is 0 Å². The zero-order valence-corrected chi connectivity index (χ0v) is 11.9. The molecule has 1 aliphatic heterocycles. The number of allylic oxidation sites excluding steroid dienone is 1. The Bertz CT molecular complexity index is 606. The number of carbonyl (C=O) groups excluding carboxylic acids is 2. The zero-order chi connectivity index (χ0) is 14.1. The Morgan fingerprint density at radius 3 is 2.65 bits per heavy atom. The number of benzene rings is 1. The van der Waals surface area contributed by atoms with Gasteiger partial charge in [0, 0.05) is 11.6 Å². The molecule has 3 rings (SSSR count). The second kappa shape index (κ2) is 5.41. The van der Waals surface area contributed by atoms with Crippen LogP contribution in [0.4, 0.5) is 0 Å². The first-order chi connectivity index (χ1) is 9.66. The van der Waals surface area contributed by atoms with Crippen LogP contribution in [0.25, 0.3) is 0 Å². The fraction of sp³-hybridized carbons (Fsp3) is 0.375. The number of hydrogen-bond acceptors (Lipinski definition) is 2. The number of fused-ring (bicyclic) bond motifs is 1. The molecule has 4 heteroatoms. The summed E-state index contributed by atoms with van der Waals surface area (Å²) in [6.45, 7) is 0.468. The standard InChI is InChI=1S/C16H16ClNO2/c17-12-6-7-13-14(10-12)16(20)18(15(13)19)9-8-11-4-2-1-3-5-11/h4,6-7,10H,1-3,5,8-9H2. The average molecular weight is 290 g/mol. The van der Waals surface area contributed by atoms with Crippen LogP contribution < -0.4 is 0 Å². The summed E-state index contributed by atoms with van der Waals surface area (Å²) in [5.74, 6) is -0.415. The van der Waals surface area contributed by atoms with E-state index >= 15 is 0 Å². The average Bonchev–Trinajstić information content (AvgIpc) is 2.70. The molecule has 0 unspecified atom stereocenters. The molecule has 0 saturated carbocycles. The SMILES string of the molecule is O=C1c2ccc(Cl)cc2C(=O)N1CCC1=CCCCC1. The van der Waals surface area contributed by atoms with Gasteiger partial charge < -0.3 is 0 Å². The van der Waals surface area contributed by atoms with E-state index in [0.717, 1.165) is 19.3 Å². The summed E-state index contributed by atoms with van der Waals surface area (Å²) in [7, 11) is 0. The van der Waals surface area contributed by atoms with Gasteiger partial charge in [0.15, 0.2) is 0 Å². The molecule has 0 fully saturated rings. The van der Waals surface area contributed by atoms with Crippen molar-refractivity contribution < 1.29 is 9.59 Å². The van der Waals surface area contributed by atoms with Crippen LogP contribution in [0.3, 0.4) is 0 Å². The zero-order valence-electron chi connectivity index (χ0n) is 11.2. The van der Waals surface area contributed by atoms with Crippen molar-refractivity contribution in [3.63, 3.8) is 0 Å². The third-order valence-corrected chi connectivity index (χ3v) is 4.21. The number of hydrogen-bond donors (Lipinski definition) is 0. The van der Waals surface area contributed by atoms with Gasteiger partial charge in [-0.15, -0.1) is 0 Å². The summed E-state index contributed by atoms with van der Waals surface area (Å²) in [4.78, 5) is 25.8. The Morgan fingerprint density at radius 1 is 1.10 bits per heavy atom. The van der Waals surface area contributed by atoms with Gasteiger partial charge in [-0.25, -0.2) is 0 Å². The van der Waals surface area contributed by atoms with Crippen molar-refractivity contribution in [2.75, 3.05) is 6.54 Å². The maximum Gasteiger partial charge on any atom is 0.261 e. The number of rotatable bonds is 3. The number of imide groups is 1. The molecule has 0 bridgehead atoms. The topological polar surface area (TPSA) is 37.4 Å². The van der Waals surface area contributed by atoms with Crippen molar-refractivity contribution in [2.45, 2.75) is 32.1 Å². The van der Waals surface area contributed by atoms with E-state index in [4.69, 9.17) is 11.6 Å². The maximum absolute atomic E-state index is 12.3. The van der Waals surface area contributed by atoms with Crippen molar-refractivity contribution >= 4 is 23.4 Å². The predicted molar refractivity (Wildman–Crippen MR) is 78.0 cm³/mol. The largest absolute Gasteiger partial charge is 0.274 e. The molecule has 1 aromatic rings. The molecule has 0 radical (unpaired) electrons. The summed E-state index contributed by atoms with van der Waals surface area (Å²) >= 11 is 5.89. The molecule has 3 nitrogen and oxygen atoms in total. The molecule has 2 aliphatic rings. The Balaban J connectivity index is 1.74. The van der Waals surface area contributed by atoms with Crippen LogP contribution in [0.5, 0.6) is 0 Å². The number of amides is 2. The van der Waals surface area contributed by atoms with Crippen molar-refractivity contribution in [3.8, 4) is 0 Å². The Labute approximate surface area is 123 Å². The monoisotopic (exact) mass is 289 g/mol. The third-order valence-electron chi connectivity index (χ3n) is 3.97. The highest BCUT2D eigenvalue weighted by Crippen LogP contribution is 2.27. The third kappa shape index (κ3) is 2.38. The maximum atomic E-state index is 12.3. The summed E-state index contributed by atoms with van der Waals surface area (Å²) < 4.78 is 0. The fourth-order valence-corrected chi connectivity index (χ4v) is 3.03. The van der Waals surface area contributed by atoms with Gasteiger partial charge in [-0.1, -0.05) is 23.3 Å². The molecule has 0 N–H and O–H groups in total. The number of nitrogens with zero attached hydrogens (tertiary/aromatic N) is 1. The van der Waals surface area contributed by atoms with E-state index in [9.17, 15) is 9.59 Å². The summed E-state index contributed by atoms with van der Waals surface area (Å²) in [5.41, 5.74) is 2.27.